The second kappa shape index (κ2) is 12.3. The normalized spacial score (nSPS) is 15.1. The van der Waals surface area contributed by atoms with E-state index in [1.54, 1.807) is 27.7 Å². The molecule has 0 bridgehead atoms. The van der Waals surface area contributed by atoms with Gasteiger partial charge >= 0.3 is 11.9 Å². The van der Waals surface area contributed by atoms with Gasteiger partial charge in [-0.05, 0) is 19.8 Å². The molecule has 0 saturated heterocycles. The summed E-state index contributed by atoms with van der Waals surface area (Å²) in [6, 6.07) is -0.225. The van der Waals surface area contributed by atoms with Gasteiger partial charge in [-0.25, -0.2) is 4.79 Å². The van der Waals surface area contributed by atoms with Crippen molar-refractivity contribution in [2.45, 2.75) is 71.9 Å². The van der Waals surface area contributed by atoms with Gasteiger partial charge in [0, 0.05) is 59.7 Å². The molecule has 9 heteroatoms. The molecule has 0 rings (SSSR count). The van der Waals surface area contributed by atoms with Gasteiger partial charge in [0.05, 0.1) is 19.6 Å². The first-order chi connectivity index (χ1) is 13.3. The highest BCUT2D eigenvalue weighted by atomic mass is 16.6. The third kappa shape index (κ3) is 9.62. The number of hydrogen-bond donors (Lipinski definition) is 0. The summed E-state index contributed by atoms with van der Waals surface area (Å²) in [6.07, 6.45) is 1.02. The molecule has 0 spiro atoms. The van der Waals surface area contributed by atoms with Crippen molar-refractivity contribution in [3.63, 3.8) is 0 Å². The Kier molecular flexibility index (Phi) is 11.3. The average Bonchev–Trinajstić information content (AvgIpc) is 2.64. The number of hydrogen-bond acceptors (Lipinski definition) is 7. The third-order valence-electron chi connectivity index (χ3n) is 5.00. The van der Waals surface area contributed by atoms with Crippen LogP contribution in [0.1, 0.15) is 60.3 Å². The van der Waals surface area contributed by atoms with Crippen LogP contribution >= 0.6 is 0 Å². The van der Waals surface area contributed by atoms with Crippen molar-refractivity contribution < 1.29 is 28.7 Å². The minimum atomic E-state index is -1.33. The van der Waals surface area contributed by atoms with Crippen molar-refractivity contribution in [3.8, 4) is 0 Å². The molecule has 29 heavy (non-hydrogen) atoms. The number of methoxy groups -OCH3 is 1. The molecule has 0 aliphatic carbocycles. The third-order valence-corrected chi connectivity index (χ3v) is 5.00. The number of rotatable bonds is 14. The summed E-state index contributed by atoms with van der Waals surface area (Å²) in [6.45, 7) is 12.0. The Bertz CT molecular complexity index is 618. The minimum absolute atomic E-state index is 0.0370. The Balaban J connectivity index is 5.13. The van der Waals surface area contributed by atoms with Gasteiger partial charge in [0.15, 0.2) is 12.6 Å². The molecule has 9 nitrogen and oxygen atoms in total. The lowest BCUT2D eigenvalue weighted by Crippen LogP contribution is -2.39. The molecule has 0 aromatic carbocycles. The fourth-order valence-corrected chi connectivity index (χ4v) is 2.96. The molecule has 166 valence electrons. The van der Waals surface area contributed by atoms with Crippen LogP contribution < -0.4 is 0 Å². The van der Waals surface area contributed by atoms with Crippen LogP contribution in [0.4, 0.5) is 0 Å². The maximum absolute atomic E-state index is 12.1. The molecule has 0 heterocycles. The summed E-state index contributed by atoms with van der Waals surface area (Å²) < 4.78 is 10.7. The predicted molar refractivity (Wildman–Crippen MR) is 108 cm³/mol. The van der Waals surface area contributed by atoms with Crippen LogP contribution in [0.15, 0.2) is 12.2 Å². The lowest BCUT2D eigenvalue weighted by atomic mass is 9.83. The van der Waals surface area contributed by atoms with Crippen LogP contribution in [-0.4, -0.2) is 53.5 Å². The Labute approximate surface area is 172 Å². The number of nitroso groups, excluding NO2 is 1. The van der Waals surface area contributed by atoms with Gasteiger partial charge in [-0.1, -0.05) is 13.5 Å². The van der Waals surface area contributed by atoms with Gasteiger partial charge in [-0.3, -0.25) is 14.9 Å². The smallest absolute Gasteiger partial charge is 0.333 e. The summed E-state index contributed by atoms with van der Waals surface area (Å²) in [5, 5.41) is 11.7. The molecule has 3 atom stereocenters. The van der Waals surface area contributed by atoms with Gasteiger partial charge in [0.2, 0.25) is 5.54 Å². The van der Waals surface area contributed by atoms with Crippen LogP contribution in [-0.2, 0) is 19.1 Å². The Hall–Kier alpha value is -2.32. The molecule has 0 aromatic heterocycles. The van der Waals surface area contributed by atoms with Crippen molar-refractivity contribution in [2.75, 3.05) is 20.3 Å². The van der Waals surface area contributed by atoms with E-state index in [-0.39, 0.29) is 48.4 Å². The minimum Gasteiger partial charge on any atom is -0.469 e. The van der Waals surface area contributed by atoms with Crippen LogP contribution in [0.5, 0.6) is 0 Å². The van der Waals surface area contributed by atoms with E-state index < -0.39 is 23.4 Å². The topological polar surface area (TPSA) is 116 Å². The van der Waals surface area contributed by atoms with E-state index in [4.69, 9.17) is 4.74 Å². The van der Waals surface area contributed by atoms with Crippen molar-refractivity contribution in [2.24, 2.45) is 11.8 Å². The Morgan fingerprint density at radius 2 is 1.76 bits per heavy atom. The highest BCUT2D eigenvalue weighted by Gasteiger charge is 2.41. The van der Waals surface area contributed by atoms with Crippen LogP contribution in [0.2, 0.25) is 0 Å². The monoisotopic (exact) mass is 415 g/mol. The SMILES string of the molecule is C=C(C)C(=O)OCCC(CCC(C)(CC(C)C(=O)OC)[N+](=O)[O-])C[N+](=O)C(C)C. The first kappa shape index (κ1) is 26.7. The standard InChI is InChI=1S/C20H35N2O7/c1-14(2)18(23)29-11-9-17(13-21(25)15(3)4)8-10-20(6,22(26)27)12-16(5)19(24)28-7/h15-17H,1,8-13H2,2-7H3/q+1. The van der Waals surface area contributed by atoms with E-state index in [0.717, 1.165) is 4.76 Å². The number of ether oxygens (including phenoxy) is 2. The maximum Gasteiger partial charge on any atom is 0.333 e. The van der Waals surface area contributed by atoms with E-state index in [1.807, 2.05) is 0 Å². The second-order valence-electron chi connectivity index (χ2n) is 8.19. The summed E-state index contributed by atoms with van der Waals surface area (Å²) in [7, 11) is 1.25. The predicted octanol–water partition coefficient (Wildman–Crippen LogP) is 3.31. The van der Waals surface area contributed by atoms with E-state index in [1.165, 1.54) is 14.0 Å². The molecule has 0 N–H and O–H groups in total. The largest absolute Gasteiger partial charge is 0.469 e. The molecular weight excluding hydrogens is 380 g/mol. The van der Waals surface area contributed by atoms with E-state index in [2.05, 4.69) is 11.3 Å². The fraction of sp³-hybridized carbons (Fsp3) is 0.800. The summed E-state index contributed by atoms with van der Waals surface area (Å²) in [4.78, 5) is 46.7. The van der Waals surface area contributed by atoms with Crippen molar-refractivity contribution >= 4 is 11.9 Å². The van der Waals surface area contributed by atoms with Crippen molar-refractivity contribution in [1.82, 2.24) is 0 Å². The van der Waals surface area contributed by atoms with E-state index in [9.17, 15) is 24.6 Å². The van der Waals surface area contributed by atoms with Gasteiger partial charge in [0.25, 0.3) is 0 Å². The molecule has 0 aromatic rings. The zero-order valence-corrected chi connectivity index (χ0v) is 18.4. The first-order valence-electron chi connectivity index (χ1n) is 9.82. The first-order valence-corrected chi connectivity index (χ1v) is 9.82. The molecular formula is C20H35N2O7+. The molecule has 0 aliphatic heterocycles. The van der Waals surface area contributed by atoms with Gasteiger partial charge in [-0.2, -0.15) is 0 Å². The maximum atomic E-state index is 12.1. The zero-order chi connectivity index (χ0) is 22.8. The summed E-state index contributed by atoms with van der Waals surface area (Å²) in [5.74, 6) is -1.81. The number of nitrogens with zero attached hydrogens (tertiary/aromatic N) is 2. The van der Waals surface area contributed by atoms with Crippen molar-refractivity contribution in [3.05, 3.63) is 27.2 Å². The lowest BCUT2D eigenvalue weighted by Gasteiger charge is -2.25. The second-order valence-corrected chi connectivity index (χ2v) is 8.19. The number of esters is 2. The van der Waals surface area contributed by atoms with Gasteiger partial charge in [0.1, 0.15) is 0 Å². The molecule has 0 fully saturated rings. The van der Waals surface area contributed by atoms with Crippen LogP contribution in [0, 0.1) is 26.9 Å². The van der Waals surface area contributed by atoms with Crippen molar-refractivity contribution in [1.29, 1.82) is 0 Å². The molecule has 0 saturated carbocycles. The highest BCUT2D eigenvalue weighted by molar-refractivity contribution is 5.86. The highest BCUT2D eigenvalue weighted by Crippen LogP contribution is 2.29. The van der Waals surface area contributed by atoms with Gasteiger partial charge < -0.3 is 9.47 Å². The fourth-order valence-electron chi connectivity index (χ4n) is 2.96. The summed E-state index contributed by atoms with van der Waals surface area (Å²) in [5.41, 5.74) is -1.04. The lowest BCUT2D eigenvalue weighted by molar-refractivity contribution is -0.587. The Morgan fingerprint density at radius 3 is 2.21 bits per heavy atom. The molecule has 0 radical (unpaired) electrons. The molecule has 0 aliphatic rings. The van der Waals surface area contributed by atoms with Gasteiger partial charge in [-0.15, -0.1) is 0 Å². The molecule has 3 unspecified atom stereocenters. The zero-order valence-electron chi connectivity index (χ0n) is 18.4. The number of carbonyl (C=O) groups excluding carboxylic acids is 2. The van der Waals surface area contributed by atoms with Crippen LogP contribution in [0.3, 0.4) is 0 Å². The number of carbonyl (C=O) groups is 2. The van der Waals surface area contributed by atoms with E-state index in [0.29, 0.717) is 12.8 Å². The van der Waals surface area contributed by atoms with E-state index >= 15 is 0 Å². The molecule has 0 amide bonds. The average molecular weight is 416 g/mol. The Morgan fingerprint density at radius 1 is 1.17 bits per heavy atom. The van der Waals surface area contributed by atoms with Crippen LogP contribution in [0.25, 0.3) is 0 Å². The number of nitro groups is 1. The quantitative estimate of drug-likeness (QED) is 0.140. The summed E-state index contributed by atoms with van der Waals surface area (Å²) >= 11 is 0.